The minimum absolute atomic E-state index is 0.0375. The van der Waals surface area contributed by atoms with Gasteiger partial charge in [-0.05, 0) is 30.3 Å². The molecule has 0 saturated heterocycles. The number of nitrogens with one attached hydrogen (secondary N) is 1. The summed E-state index contributed by atoms with van der Waals surface area (Å²) in [4.78, 5) is -0.253. The van der Waals surface area contributed by atoms with Gasteiger partial charge in [0.1, 0.15) is 4.90 Å². The lowest BCUT2D eigenvalue weighted by Gasteiger charge is -2.10. The zero-order valence-electron chi connectivity index (χ0n) is 9.70. The third-order valence-electron chi connectivity index (χ3n) is 2.35. The monoisotopic (exact) mass is 337 g/mol. The number of hydrogen-bond acceptors (Lipinski definition) is 2. The van der Waals surface area contributed by atoms with Crippen molar-refractivity contribution in [2.24, 2.45) is 0 Å². The number of anilines is 1. The Morgan fingerprint density at radius 1 is 0.950 bits per heavy atom. The highest BCUT2D eigenvalue weighted by Crippen LogP contribution is 2.27. The van der Waals surface area contributed by atoms with Gasteiger partial charge in [0, 0.05) is 11.1 Å². The number of hydrogen-bond donors (Lipinski definition) is 1. The molecule has 8 heteroatoms. The Bertz CT molecular complexity index is 766. The van der Waals surface area contributed by atoms with Gasteiger partial charge in [0.25, 0.3) is 10.0 Å². The fourth-order valence-electron chi connectivity index (χ4n) is 1.45. The molecule has 20 heavy (non-hydrogen) atoms. The summed E-state index contributed by atoms with van der Waals surface area (Å²) in [6, 6.07) is 6.54. The molecule has 0 unspecified atom stereocenters. The third kappa shape index (κ3) is 3.20. The van der Waals surface area contributed by atoms with E-state index in [9.17, 15) is 17.2 Å². The standard InChI is InChI=1S/C12H7Cl2F2NO2S/c13-7-1-3-9(14)12(5-7)20(18,19)17-8-2-4-10(15)11(16)6-8/h1-6,17H. The first-order valence-electron chi connectivity index (χ1n) is 5.22. The predicted octanol–water partition coefficient (Wildman–Crippen LogP) is 4.07. The molecule has 0 aliphatic rings. The van der Waals surface area contributed by atoms with Crippen molar-refractivity contribution in [3.63, 3.8) is 0 Å². The van der Waals surface area contributed by atoms with E-state index in [0.717, 1.165) is 24.3 Å². The van der Waals surface area contributed by atoms with Crippen LogP contribution >= 0.6 is 23.2 Å². The fourth-order valence-corrected chi connectivity index (χ4v) is 3.27. The Labute approximate surface area is 124 Å². The molecule has 0 aliphatic heterocycles. The maximum atomic E-state index is 13.0. The van der Waals surface area contributed by atoms with Crippen molar-refractivity contribution in [3.8, 4) is 0 Å². The van der Waals surface area contributed by atoms with E-state index >= 15 is 0 Å². The van der Waals surface area contributed by atoms with Crippen molar-refractivity contribution in [2.45, 2.75) is 4.90 Å². The second-order valence-electron chi connectivity index (χ2n) is 3.81. The summed E-state index contributed by atoms with van der Waals surface area (Å²) in [7, 11) is -4.05. The average molecular weight is 338 g/mol. The van der Waals surface area contributed by atoms with Crippen molar-refractivity contribution in [1.82, 2.24) is 0 Å². The molecule has 0 aliphatic carbocycles. The van der Waals surface area contributed by atoms with E-state index in [1.807, 2.05) is 0 Å². The molecule has 2 aromatic rings. The smallest absolute Gasteiger partial charge is 0.263 e. The second kappa shape index (κ2) is 5.55. The maximum absolute atomic E-state index is 13.0. The van der Waals surface area contributed by atoms with E-state index in [1.54, 1.807) is 0 Å². The van der Waals surface area contributed by atoms with Crippen LogP contribution in [0.25, 0.3) is 0 Å². The number of benzene rings is 2. The SMILES string of the molecule is O=S(=O)(Nc1ccc(F)c(F)c1)c1cc(Cl)ccc1Cl. The number of sulfonamides is 1. The topological polar surface area (TPSA) is 46.2 Å². The van der Waals surface area contributed by atoms with E-state index in [2.05, 4.69) is 4.72 Å². The van der Waals surface area contributed by atoms with Gasteiger partial charge in [-0.3, -0.25) is 4.72 Å². The number of halogens is 4. The summed E-state index contributed by atoms with van der Waals surface area (Å²) in [5.74, 6) is -2.24. The van der Waals surface area contributed by atoms with Crippen molar-refractivity contribution in [3.05, 3.63) is 58.1 Å². The summed E-state index contributed by atoms with van der Waals surface area (Å²) in [5, 5.41) is 0.143. The van der Waals surface area contributed by atoms with Crippen LogP contribution in [0.1, 0.15) is 0 Å². The van der Waals surface area contributed by atoms with Gasteiger partial charge in [-0.15, -0.1) is 0 Å². The maximum Gasteiger partial charge on any atom is 0.263 e. The van der Waals surface area contributed by atoms with Crippen molar-refractivity contribution in [2.75, 3.05) is 4.72 Å². The lowest BCUT2D eigenvalue weighted by molar-refractivity contribution is 0.509. The third-order valence-corrected chi connectivity index (χ3v) is 4.45. The first-order chi connectivity index (χ1) is 9.29. The van der Waals surface area contributed by atoms with E-state index in [1.165, 1.54) is 12.1 Å². The van der Waals surface area contributed by atoms with Gasteiger partial charge < -0.3 is 0 Å². The van der Waals surface area contributed by atoms with Crippen LogP contribution in [0.3, 0.4) is 0 Å². The highest BCUT2D eigenvalue weighted by atomic mass is 35.5. The predicted molar refractivity (Wildman–Crippen MR) is 73.6 cm³/mol. The molecular formula is C12H7Cl2F2NO2S. The molecule has 0 spiro atoms. The van der Waals surface area contributed by atoms with Crippen LogP contribution in [0, 0.1) is 11.6 Å². The van der Waals surface area contributed by atoms with Crippen molar-refractivity contribution >= 4 is 38.9 Å². The Morgan fingerprint density at radius 2 is 1.65 bits per heavy atom. The van der Waals surface area contributed by atoms with Gasteiger partial charge in [-0.25, -0.2) is 17.2 Å². The summed E-state index contributed by atoms with van der Waals surface area (Å²) < 4.78 is 52.1. The van der Waals surface area contributed by atoms with Gasteiger partial charge in [0.2, 0.25) is 0 Å². The largest absolute Gasteiger partial charge is 0.279 e. The molecule has 1 N–H and O–H groups in total. The highest BCUT2D eigenvalue weighted by Gasteiger charge is 2.19. The van der Waals surface area contributed by atoms with Crippen LogP contribution in [0.5, 0.6) is 0 Å². The van der Waals surface area contributed by atoms with Crippen LogP contribution in [-0.2, 0) is 10.0 Å². The Hall–Kier alpha value is -1.37. The molecule has 0 fully saturated rings. The van der Waals surface area contributed by atoms with Crippen molar-refractivity contribution < 1.29 is 17.2 Å². The molecule has 3 nitrogen and oxygen atoms in total. The summed E-state index contributed by atoms with van der Waals surface area (Å²) in [6.45, 7) is 0. The molecule has 106 valence electrons. The Kier molecular flexibility index (Phi) is 4.17. The zero-order chi connectivity index (χ0) is 14.9. The van der Waals surface area contributed by atoms with Gasteiger partial charge in [0.05, 0.1) is 10.7 Å². The lowest BCUT2D eigenvalue weighted by atomic mass is 10.3. The number of rotatable bonds is 3. The van der Waals surface area contributed by atoms with Crippen molar-refractivity contribution in [1.29, 1.82) is 0 Å². The van der Waals surface area contributed by atoms with Crippen LogP contribution in [-0.4, -0.2) is 8.42 Å². The molecule has 2 rings (SSSR count). The summed E-state index contributed by atoms with van der Waals surface area (Å²) >= 11 is 11.5. The van der Waals surface area contributed by atoms with Gasteiger partial charge in [0.15, 0.2) is 11.6 Å². The van der Waals surface area contributed by atoms with E-state index in [4.69, 9.17) is 23.2 Å². The molecule has 2 aromatic carbocycles. The minimum atomic E-state index is -4.05. The minimum Gasteiger partial charge on any atom is -0.279 e. The van der Waals surface area contributed by atoms with Gasteiger partial charge in [-0.2, -0.15) is 0 Å². The fraction of sp³-hybridized carbons (Fsp3) is 0. The molecular weight excluding hydrogens is 331 g/mol. The summed E-state index contributed by atoms with van der Waals surface area (Å²) in [5.41, 5.74) is -0.125. The molecule has 0 bridgehead atoms. The highest BCUT2D eigenvalue weighted by molar-refractivity contribution is 7.92. The van der Waals surface area contributed by atoms with Crippen LogP contribution in [0.2, 0.25) is 10.0 Å². The Morgan fingerprint density at radius 3 is 2.30 bits per heavy atom. The van der Waals surface area contributed by atoms with Gasteiger partial charge >= 0.3 is 0 Å². The van der Waals surface area contributed by atoms with E-state index in [0.29, 0.717) is 0 Å². The molecule has 0 aromatic heterocycles. The molecule has 0 saturated carbocycles. The van der Waals surface area contributed by atoms with Gasteiger partial charge in [-0.1, -0.05) is 23.2 Å². The van der Waals surface area contributed by atoms with Crippen LogP contribution < -0.4 is 4.72 Å². The second-order valence-corrected chi connectivity index (χ2v) is 6.30. The molecule has 0 atom stereocenters. The lowest BCUT2D eigenvalue weighted by Crippen LogP contribution is -2.13. The molecule has 0 heterocycles. The molecule has 0 radical (unpaired) electrons. The molecule has 0 amide bonds. The Balaban J connectivity index is 2.40. The first-order valence-corrected chi connectivity index (χ1v) is 7.46. The normalized spacial score (nSPS) is 11.4. The summed E-state index contributed by atoms with van der Waals surface area (Å²) in [6.07, 6.45) is 0. The average Bonchev–Trinajstić information content (AvgIpc) is 2.36. The van der Waals surface area contributed by atoms with E-state index < -0.39 is 21.7 Å². The van der Waals surface area contributed by atoms with Crippen LogP contribution in [0.15, 0.2) is 41.3 Å². The first kappa shape index (κ1) is 15.0. The van der Waals surface area contributed by atoms with Crippen LogP contribution in [0.4, 0.5) is 14.5 Å². The zero-order valence-corrected chi connectivity index (χ0v) is 12.0. The van der Waals surface area contributed by atoms with E-state index in [-0.39, 0.29) is 20.6 Å². The quantitative estimate of drug-likeness (QED) is 0.917.